The number of aliphatic hydroxyl groups is 8. The van der Waals surface area contributed by atoms with Crippen LogP contribution in [0.15, 0.2) is 134 Å². The summed E-state index contributed by atoms with van der Waals surface area (Å²) in [4.78, 5) is 13.1. The molecule has 1 amide bonds. The van der Waals surface area contributed by atoms with E-state index in [1.54, 1.807) is 0 Å². The minimum absolute atomic E-state index is 0.232. The average Bonchev–Trinajstić information content (AvgIpc) is 3.49. The number of rotatable bonds is 46. The molecule has 14 heteroatoms. The lowest BCUT2D eigenvalue weighted by atomic mass is 9.97. The van der Waals surface area contributed by atoms with E-state index in [2.05, 4.69) is 153 Å². The molecular formula is C66H107NO13. The highest BCUT2D eigenvalue weighted by atomic mass is 16.7. The number of ether oxygens (including phenoxy) is 4. The molecule has 2 heterocycles. The fourth-order valence-electron chi connectivity index (χ4n) is 9.00. The first-order chi connectivity index (χ1) is 39.1. The lowest BCUT2D eigenvalue weighted by Crippen LogP contribution is -2.65. The molecule has 14 nitrogen and oxygen atoms in total. The van der Waals surface area contributed by atoms with Crippen molar-refractivity contribution in [3.63, 3.8) is 0 Å². The Kier molecular flexibility index (Phi) is 44.9. The van der Waals surface area contributed by atoms with Gasteiger partial charge in [-0.2, -0.15) is 0 Å². The molecule has 454 valence electrons. The molecule has 2 saturated heterocycles. The monoisotopic (exact) mass is 1120 g/mol. The summed E-state index contributed by atoms with van der Waals surface area (Å²) < 4.78 is 22.6. The first-order valence-electron chi connectivity index (χ1n) is 30.4. The Morgan fingerprint density at radius 2 is 0.863 bits per heavy atom. The van der Waals surface area contributed by atoms with E-state index >= 15 is 0 Å². The van der Waals surface area contributed by atoms with Gasteiger partial charge >= 0.3 is 0 Å². The molecule has 9 N–H and O–H groups in total. The third-order valence-electron chi connectivity index (χ3n) is 13.9. The molecule has 2 rings (SSSR count). The molecule has 0 bridgehead atoms. The molecule has 0 radical (unpaired) electrons. The summed E-state index contributed by atoms with van der Waals surface area (Å²) in [5.41, 5.74) is 0. The fraction of sp³-hybridized carbons (Fsp3) is 0.652. The second-order valence-corrected chi connectivity index (χ2v) is 20.7. The molecular weight excluding hydrogens is 1010 g/mol. The van der Waals surface area contributed by atoms with Crippen molar-refractivity contribution in [1.82, 2.24) is 5.32 Å². The van der Waals surface area contributed by atoms with E-state index in [1.807, 2.05) is 0 Å². The van der Waals surface area contributed by atoms with Gasteiger partial charge < -0.3 is 65.1 Å². The minimum Gasteiger partial charge on any atom is -0.394 e. The van der Waals surface area contributed by atoms with Gasteiger partial charge in [0, 0.05) is 6.42 Å². The van der Waals surface area contributed by atoms with Crippen LogP contribution in [0, 0.1) is 0 Å². The average molecular weight is 1120 g/mol. The number of allylic oxidation sites excluding steroid dienone is 22. The summed E-state index contributed by atoms with van der Waals surface area (Å²) in [6.45, 7) is 2.60. The Morgan fingerprint density at radius 3 is 1.32 bits per heavy atom. The van der Waals surface area contributed by atoms with Crippen LogP contribution >= 0.6 is 0 Å². The van der Waals surface area contributed by atoms with Crippen LogP contribution in [0.25, 0.3) is 0 Å². The van der Waals surface area contributed by atoms with Gasteiger partial charge in [-0.25, -0.2) is 0 Å². The van der Waals surface area contributed by atoms with Crippen LogP contribution in [-0.2, 0) is 23.7 Å². The van der Waals surface area contributed by atoms with Crippen molar-refractivity contribution < 1.29 is 64.6 Å². The van der Waals surface area contributed by atoms with Gasteiger partial charge in [0.2, 0.25) is 5.91 Å². The Morgan fingerprint density at radius 1 is 0.463 bits per heavy atom. The SMILES string of the molecule is CC/C=C\C/C=C\C/C=C\C/C=C\C/C=C\C/C=C\C/C=C\C/C=C\C/C=C\C/C=C\C/C=C\CCCCCCCCCC(=O)NC(COC1OC(CO)C(OC2OC(CO)C(O)C(O)C2O)C(O)C1O)C(O)CCCCCCC. The lowest BCUT2D eigenvalue weighted by molar-refractivity contribution is -0.359. The number of hydrogen-bond donors (Lipinski definition) is 9. The highest BCUT2D eigenvalue weighted by molar-refractivity contribution is 5.76. The predicted octanol–water partition coefficient (Wildman–Crippen LogP) is 10.8. The predicted molar refractivity (Wildman–Crippen MR) is 322 cm³/mol. The second kappa shape index (κ2) is 49.7. The van der Waals surface area contributed by atoms with Crippen LogP contribution in [-0.4, -0.2) is 140 Å². The van der Waals surface area contributed by atoms with Gasteiger partial charge in [0.05, 0.1) is 32.0 Å². The van der Waals surface area contributed by atoms with Gasteiger partial charge in [-0.05, 0) is 96.3 Å². The van der Waals surface area contributed by atoms with E-state index in [0.717, 1.165) is 141 Å². The molecule has 0 saturated carbocycles. The van der Waals surface area contributed by atoms with Gasteiger partial charge in [-0.1, -0.05) is 212 Å². The van der Waals surface area contributed by atoms with E-state index < -0.39 is 86.8 Å². The first kappa shape index (κ1) is 72.2. The number of carbonyl (C=O) groups excluding carboxylic acids is 1. The number of carbonyl (C=O) groups is 1. The maximum absolute atomic E-state index is 13.1. The van der Waals surface area contributed by atoms with E-state index in [-0.39, 0.29) is 18.9 Å². The van der Waals surface area contributed by atoms with E-state index in [9.17, 15) is 45.6 Å². The van der Waals surface area contributed by atoms with Crippen molar-refractivity contribution in [3.8, 4) is 0 Å². The van der Waals surface area contributed by atoms with E-state index in [4.69, 9.17) is 18.9 Å². The van der Waals surface area contributed by atoms with Crippen molar-refractivity contribution in [2.24, 2.45) is 0 Å². The fourth-order valence-corrected chi connectivity index (χ4v) is 9.00. The largest absolute Gasteiger partial charge is 0.394 e. The molecule has 0 spiro atoms. The van der Waals surface area contributed by atoms with E-state index in [1.165, 1.54) is 6.42 Å². The quantitative estimate of drug-likeness (QED) is 0.0204. The van der Waals surface area contributed by atoms with Crippen molar-refractivity contribution in [2.45, 2.75) is 254 Å². The van der Waals surface area contributed by atoms with Crippen LogP contribution in [0.1, 0.15) is 181 Å². The standard InChI is InChI=1S/C66H107NO13/c1-3-5-7-9-10-11-12-13-14-15-16-17-18-19-20-21-22-23-24-25-26-27-28-29-30-31-32-33-34-35-36-37-38-39-40-41-42-43-44-46-48-50-58(71)67-54(55(70)49-47-45-8-6-4-2)53-77-65-63(76)61(74)64(57(52-69)79-65)80-66-62(75)60(73)59(72)56(51-68)78-66/h5,7,10-11,13-14,16-17,19-20,22-23,25-26,28-29,31-32,34-35,37-38,54-57,59-66,68-70,72-76H,3-4,6,8-9,12,15,18,21,24,27,30,33,36,39-53H2,1-2H3,(H,67,71)/b7-5-,11-10-,14-13-,17-16-,20-19-,23-22-,26-25-,29-28-,32-31-,35-34-,38-37-. The molecule has 2 fully saturated rings. The summed E-state index contributed by atoms with van der Waals surface area (Å²) in [6, 6.07) is -0.840. The molecule has 0 aromatic rings. The molecule has 2 aliphatic heterocycles. The highest BCUT2D eigenvalue weighted by Gasteiger charge is 2.51. The highest BCUT2D eigenvalue weighted by Crippen LogP contribution is 2.30. The smallest absolute Gasteiger partial charge is 0.220 e. The number of aliphatic hydroxyl groups excluding tert-OH is 8. The van der Waals surface area contributed by atoms with E-state index in [0.29, 0.717) is 12.8 Å². The Bertz CT molecular complexity index is 1850. The van der Waals surface area contributed by atoms with Gasteiger partial charge in [-0.3, -0.25) is 4.79 Å². The number of nitrogens with one attached hydrogen (secondary N) is 1. The summed E-state index contributed by atoms with van der Waals surface area (Å²) in [6.07, 6.45) is 56.8. The van der Waals surface area contributed by atoms with Crippen LogP contribution in [0.5, 0.6) is 0 Å². The Labute approximate surface area is 481 Å². The molecule has 0 aliphatic carbocycles. The molecule has 0 aromatic heterocycles. The molecule has 80 heavy (non-hydrogen) atoms. The van der Waals surface area contributed by atoms with Gasteiger partial charge in [0.25, 0.3) is 0 Å². The molecule has 0 aromatic carbocycles. The van der Waals surface area contributed by atoms with Crippen molar-refractivity contribution in [1.29, 1.82) is 0 Å². The summed E-state index contributed by atoms with van der Waals surface area (Å²) >= 11 is 0. The van der Waals surface area contributed by atoms with Crippen LogP contribution in [0.3, 0.4) is 0 Å². The molecule has 12 atom stereocenters. The Hall–Kier alpha value is -3.87. The topological polar surface area (TPSA) is 228 Å². The number of amides is 1. The summed E-state index contributed by atoms with van der Waals surface area (Å²) in [7, 11) is 0. The number of hydrogen-bond acceptors (Lipinski definition) is 13. The van der Waals surface area contributed by atoms with Crippen molar-refractivity contribution in [2.75, 3.05) is 19.8 Å². The van der Waals surface area contributed by atoms with Crippen molar-refractivity contribution >= 4 is 5.91 Å². The lowest BCUT2D eigenvalue weighted by Gasteiger charge is -2.46. The van der Waals surface area contributed by atoms with Crippen LogP contribution in [0.2, 0.25) is 0 Å². The molecule has 2 aliphatic rings. The maximum atomic E-state index is 13.1. The zero-order valence-corrected chi connectivity index (χ0v) is 48.8. The van der Waals surface area contributed by atoms with Gasteiger partial charge in [0.15, 0.2) is 12.6 Å². The van der Waals surface area contributed by atoms with Gasteiger partial charge in [-0.15, -0.1) is 0 Å². The van der Waals surface area contributed by atoms with Crippen LogP contribution < -0.4 is 5.32 Å². The third kappa shape index (κ3) is 34.5. The maximum Gasteiger partial charge on any atom is 0.220 e. The van der Waals surface area contributed by atoms with Gasteiger partial charge in [0.1, 0.15) is 48.8 Å². The zero-order chi connectivity index (χ0) is 58.1. The number of unbranched alkanes of at least 4 members (excludes halogenated alkanes) is 11. The zero-order valence-electron chi connectivity index (χ0n) is 48.8. The van der Waals surface area contributed by atoms with Crippen molar-refractivity contribution in [3.05, 3.63) is 134 Å². The summed E-state index contributed by atoms with van der Waals surface area (Å²) in [5.74, 6) is -0.232. The second-order valence-electron chi connectivity index (χ2n) is 20.7. The summed E-state index contributed by atoms with van der Waals surface area (Å²) in [5, 5.41) is 86.5. The first-order valence-corrected chi connectivity index (χ1v) is 30.4. The molecule has 12 unspecified atom stereocenters. The Balaban J connectivity index is 1.54. The minimum atomic E-state index is -1.79. The third-order valence-corrected chi connectivity index (χ3v) is 13.9. The van der Waals surface area contributed by atoms with Crippen LogP contribution in [0.4, 0.5) is 0 Å². The normalized spacial score (nSPS) is 25.2.